The van der Waals surface area contributed by atoms with Crippen LogP contribution in [0.2, 0.25) is 0 Å². The highest BCUT2D eigenvalue weighted by Crippen LogP contribution is 2.37. The van der Waals surface area contributed by atoms with E-state index >= 15 is 0 Å². The van der Waals surface area contributed by atoms with Crippen molar-refractivity contribution < 1.29 is 0 Å². The molecular weight excluding hydrogens is 376 g/mol. The molecular formula is C22H26N8. The molecule has 0 spiro atoms. The molecule has 0 radical (unpaired) electrons. The second-order valence-electron chi connectivity index (χ2n) is 8.23. The van der Waals surface area contributed by atoms with E-state index in [0.717, 1.165) is 47.7 Å². The molecule has 0 aromatic carbocycles. The van der Waals surface area contributed by atoms with Gasteiger partial charge < -0.3 is 10.6 Å². The third-order valence-electron chi connectivity index (χ3n) is 6.38. The number of nitrogens with one attached hydrogen (secondary N) is 2. The van der Waals surface area contributed by atoms with Crippen LogP contribution in [0.3, 0.4) is 0 Å². The Morgan fingerprint density at radius 3 is 2.77 bits per heavy atom. The Balaban J connectivity index is 1.39. The van der Waals surface area contributed by atoms with Gasteiger partial charge in [0, 0.05) is 61.9 Å². The predicted octanol–water partition coefficient (Wildman–Crippen LogP) is 3.43. The lowest BCUT2D eigenvalue weighted by Crippen LogP contribution is -2.47. The molecule has 0 saturated carbocycles. The molecule has 2 aliphatic heterocycles. The molecule has 3 aromatic heterocycles. The lowest BCUT2D eigenvalue weighted by atomic mass is 9.97. The maximum atomic E-state index is 8.96. The van der Waals surface area contributed by atoms with E-state index in [1.807, 2.05) is 31.4 Å². The van der Waals surface area contributed by atoms with Crippen LogP contribution in [0.5, 0.6) is 0 Å². The van der Waals surface area contributed by atoms with Crippen LogP contribution in [0.4, 0.5) is 17.5 Å². The van der Waals surface area contributed by atoms with E-state index in [1.165, 1.54) is 12.8 Å². The predicted molar refractivity (Wildman–Crippen MR) is 116 cm³/mol. The summed E-state index contributed by atoms with van der Waals surface area (Å²) < 4.78 is 1.78. The van der Waals surface area contributed by atoms with Gasteiger partial charge in [-0.25, -0.2) is 4.98 Å². The molecule has 3 aromatic rings. The molecule has 8 heteroatoms. The number of anilines is 3. The highest BCUT2D eigenvalue weighted by Gasteiger charge is 2.40. The second-order valence-corrected chi connectivity index (χ2v) is 8.23. The molecule has 0 unspecified atom stereocenters. The Kier molecular flexibility index (Phi) is 4.97. The van der Waals surface area contributed by atoms with E-state index in [1.54, 1.807) is 10.9 Å². The summed E-state index contributed by atoms with van der Waals surface area (Å²) in [6.45, 7) is 0.897. The number of piperidine rings is 1. The minimum atomic E-state index is 0.378. The highest BCUT2D eigenvalue weighted by atomic mass is 15.3. The third-order valence-corrected chi connectivity index (χ3v) is 6.38. The zero-order valence-corrected chi connectivity index (χ0v) is 17.1. The molecule has 0 amide bonds. The van der Waals surface area contributed by atoms with Crippen molar-refractivity contribution in [1.82, 2.24) is 24.6 Å². The summed E-state index contributed by atoms with van der Waals surface area (Å²) in [5.74, 6) is 2.51. The van der Waals surface area contributed by atoms with Gasteiger partial charge in [0.1, 0.15) is 17.5 Å². The molecule has 3 atom stereocenters. The van der Waals surface area contributed by atoms with Crippen LogP contribution in [0.25, 0.3) is 10.9 Å². The van der Waals surface area contributed by atoms with Crippen molar-refractivity contribution in [3.05, 3.63) is 36.7 Å². The first-order valence-corrected chi connectivity index (χ1v) is 10.6. The fourth-order valence-corrected chi connectivity index (χ4v) is 5.01. The quantitative estimate of drug-likeness (QED) is 0.652. The van der Waals surface area contributed by atoms with Gasteiger partial charge in [-0.15, -0.1) is 0 Å². The van der Waals surface area contributed by atoms with Gasteiger partial charge in [-0.1, -0.05) is 0 Å². The molecule has 154 valence electrons. The van der Waals surface area contributed by atoms with Crippen molar-refractivity contribution in [3.63, 3.8) is 0 Å². The van der Waals surface area contributed by atoms with Crippen molar-refractivity contribution >= 4 is 28.4 Å². The average molecular weight is 403 g/mol. The summed E-state index contributed by atoms with van der Waals surface area (Å²) >= 11 is 0. The van der Waals surface area contributed by atoms with Crippen LogP contribution in [-0.2, 0) is 7.05 Å². The summed E-state index contributed by atoms with van der Waals surface area (Å²) in [4.78, 5) is 12.0. The number of hydrogen-bond acceptors (Lipinski definition) is 7. The SMILES string of the molecule is Cn1nccc1Nc1cc2ncccc2c(N[C@@H]2C[C@H]3CC[C@@H](C2)N3CCC#N)n1. The van der Waals surface area contributed by atoms with E-state index in [9.17, 15) is 0 Å². The fourth-order valence-electron chi connectivity index (χ4n) is 5.01. The Morgan fingerprint density at radius 1 is 1.20 bits per heavy atom. The van der Waals surface area contributed by atoms with Crippen LogP contribution in [0.15, 0.2) is 36.7 Å². The number of hydrogen-bond donors (Lipinski definition) is 2. The van der Waals surface area contributed by atoms with E-state index in [4.69, 9.17) is 10.2 Å². The van der Waals surface area contributed by atoms with Crippen molar-refractivity contribution in [1.29, 1.82) is 5.26 Å². The van der Waals surface area contributed by atoms with Crippen LogP contribution in [0, 0.1) is 11.3 Å². The van der Waals surface area contributed by atoms with Gasteiger partial charge >= 0.3 is 0 Å². The number of nitrogens with zero attached hydrogens (tertiary/aromatic N) is 6. The van der Waals surface area contributed by atoms with Crippen molar-refractivity contribution in [2.24, 2.45) is 7.05 Å². The van der Waals surface area contributed by atoms with Gasteiger partial charge in [0.25, 0.3) is 0 Å². The lowest BCUT2D eigenvalue weighted by Gasteiger charge is -2.39. The third kappa shape index (κ3) is 3.57. The highest BCUT2D eigenvalue weighted by molar-refractivity contribution is 5.91. The first kappa shape index (κ1) is 18.8. The molecule has 5 rings (SSSR count). The number of aromatic nitrogens is 4. The Hall–Kier alpha value is -3.18. The summed E-state index contributed by atoms with van der Waals surface area (Å²) in [5, 5.41) is 21.3. The molecule has 30 heavy (non-hydrogen) atoms. The van der Waals surface area contributed by atoms with E-state index in [0.29, 0.717) is 24.5 Å². The molecule has 2 saturated heterocycles. The fraction of sp³-hybridized carbons (Fsp3) is 0.455. The number of pyridine rings is 2. The first-order chi connectivity index (χ1) is 14.7. The largest absolute Gasteiger partial charge is 0.367 e. The molecule has 2 bridgehead atoms. The summed E-state index contributed by atoms with van der Waals surface area (Å²) in [5.41, 5.74) is 0.911. The maximum absolute atomic E-state index is 8.96. The average Bonchev–Trinajstić information content (AvgIpc) is 3.25. The zero-order valence-electron chi connectivity index (χ0n) is 17.1. The molecule has 2 aliphatic rings. The zero-order chi connectivity index (χ0) is 20.5. The maximum Gasteiger partial charge on any atom is 0.138 e. The van der Waals surface area contributed by atoms with Crippen LogP contribution >= 0.6 is 0 Å². The normalized spacial score (nSPS) is 23.4. The molecule has 2 N–H and O–H groups in total. The lowest BCUT2D eigenvalue weighted by molar-refractivity contribution is 0.136. The van der Waals surface area contributed by atoms with Gasteiger partial charge in [-0.05, 0) is 37.8 Å². The van der Waals surface area contributed by atoms with Gasteiger partial charge in [-0.3, -0.25) is 14.6 Å². The number of rotatable bonds is 6. The summed E-state index contributed by atoms with van der Waals surface area (Å²) in [7, 11) is 1.90. The Morgan fingerprint density at radius 2 is 2.03 bits per heavy atom. The van der Waals surface area contributed by atoms with Gasteiger partial charge in [-0.2, -0.15) is 10.4 Å². The molecule has 5 heterocycles. The number of nitriles is 1. The number of aryl methyl sites for hydroxylation is 1. The van der Waals surface area contributed by atoms with Crippen LogP contribution in [0.1, 0.15) is 32.1 Å². The number of fused-ring (bicyclic) bond motifs is 3. The topological polar surface area (TPSA) is 94.7 Å². The van der Waals surface area contributed by atoms with E-state index in [-0.39, 0.29) is 0 Å². The van der Waals surface area contributed by atoms with Gasteiger partial charge in [0.15, 0.2) is 0 Å². The van der Waals surface area contributed by atoms with Crippen LogP contribution in [-0.4, -0.2) is 49.3 Å². The van der Waals surface area contributed by atoms with Crippen molar-refractivity contribution in [2.45, 2.75) is 50.2 Å². The second kappa shape index (κ2) is 7.92. The van der Waals surface area contributed by atoms with Gasteiger partial charge in [0.2, 0.25) is 0 Å². The molecule has 0 aliphatic carbocycles. The minimum absolute atomic E-state index is 0.378. The van der Waals surface area contributed by atoms with Crippen molar-refractivity contribution in [2.75, 3.05) is 17.2 Å². The van der Waals surface area contributed by atoms with E-state index < -0.39 is 0 Å². The van der Waals surface area contributed by atoms with Gasteiger partial charge in [0.05, 0.1) is 17.8 Å². The standard InChI is InChI=1S/C22H26N8/c1-29-21(7-10-25-29)27-20-14-19-18(4-2-9-24-19)22(28-20)26-15-12-16-5-6-17(13-15)30(16)11-3-8-23/h2,4,7,9-10,14-17H,3,5-6,11-13H2,1H3,(H2,26,27,28)/t15-,16-,17+. The molecule has 8 nitrogen and oxygen atoms in total. The minimum Gasteiger partial charge on any atom is -0.367 e. The first-order valence-electron chi connectivity index (χ1n) is 10.6. The smallest absolute Gasteiger partial charge is 0.138 e. The summed E-state index contributed by atoms with van der Waals surface area (Å²) in [6, 6.07) is 11.7. The Bertz CT molecular complexity index is 1070. The monoisotopic (exact) mass is 402 g/mol. The molecule has 2 fully saturated rings. The summed E-state index contributed by atoms with van der Waals surface area (Å²) in [6.07, 6.45) is 8.82. The Labute approximate surface area is 175 Å². The van der Waals surface area contributed by atoms with Crippen molar-refractivity contribution in [3.8, 4) is 6.07 Å². The van der Waals surface area contributed by atoms with E-state index in [2.05, 4.69) is 37.8 Å². The van der Waals surface area contributed by atoms with Crippen LogP contribution < -0.4 is 10.6 Å².